The first kappa shape index (κ1) is 79.3. The number of carbonyl (C=O) groups excluding carboxylic acids is 2. The van der Waals surface area contributed by atoms with Crippen molar-refractivity contribution in [1.82, 2.24) is 9.97 Å². The molecule has 0 fully saturated rings. The van der Waals surface area contributed by atoms with Crippen LogP contribution >= 0.6 is 0 Å². The molecule has 94 heavy (non-hydrogen) atoms. The minimum absolute atomic E-state index is 0.217. The summed E-state index contributed by atoms with van der Waals surface area (Å²) in [5.41, 5.74) is 6.16. The van der Waals surface area contributed by atoms with Crippen LogP contribution in [-0.4, -0.2) is 48.0 Å². The van der Waals surface area contributed by atoms with Gasteiger partial charge >= 0.3 is 0 Å². The molecule has 4 aromatic carbocycles. The van der Waals surface area contributed by atoms with Crippen molar-refractivity contribution in [3.8, 4) is 23.0 Å². The normalized spacial score (nSPS) is 12.0. The number of anilines is 2. The highest BCUT2D eigenvalue weighted by atomic mass is 16.5. The summed E-state index contributed by atoms with van der Waals surface area (Å²) in [4.78, 5) is 40.0. The number of hydrogen-bond donors (Lipinski definition) is 2. The van der Waals surface area contributed by atoms with Crippen molar-refractivity contribution in [1.29, 1.82) is 0 Å². The van der Waals surface area contributed by atoms with Crippen LogP contribution in [0.25, 0.3) is 43.6 Å². The van der Waals surface area contributed by atoms with E-state index in [0.29, 0.717) is 50.3 Å². The number of fused-ring (bicyclic) bond motifs is 7. The number of nitrogens with zero attached hydrogens (tertiary/aromatic N) is 2. The molecule has 0 aliphatic carbocycles. The zero-order chi connectivity index (χ0) is 67.1. The zero-order valence-corrected chi connectivity index (χ0v) is 61.3. The van der Waals surface area contributed by atoms with E-state index in [1.54, 1.807) is 0 Å². The number of ether oxygens (including phenoxy) is 4. The molecule has 0 bridgehead atoms. The van der Waals surface area contributed by atoms with Gasteiger partial charge in [0.2, 0.25) is 0 Å². The van der Waals surface area contributed by atoms with Gasteiger partial charge in [-0.2, -0.15) is 0 Å². The van der Waals surface area contributed by atoms with Crippen LogP contribution in [0.3, 0.4) is 0 Å². The molecule has 0 unspecified atom stereocenters. The van der Waals surface area contributed by atoms with Gasteiger partial charge in [-0.15, -0.1) is 0 Å². The summed E-state index contributed by atoms with van der Waals surface area (Å²) in [6.45, 7) is 20.4. The predicted octanol–water partition coefficient (Wildman–Crippen LogP) is 26.4. The number of carbonyl (C=O) groups is 2. The second-order valence-corrected chi connectivity index (χ2v) is 27.4. The fourth-order valence-electron chi connectivity index (χ4n) is 12.9. The lowest BCUT2D eigenvalue weighted by Crippen LogP contribution is -2.08. The minimum Gasteiger partial charge on any atom is -0.490 e. The third-order valence-corrected chi connectivity index (χ3v) is 18.9. The standard InChI is InChI=1S/C84H134N4O6/c1-9-17-25-33-39-47-55-91-79-59-69-70-60-80(92-56-48-40-34-26-18-10-2)82(94-58-50-42-36-28-20-12-4)62-72(70)84-83(71(69)61-81(79)93-57-49-41-35-27-19-11-3)87-75-63-73(85-65-67(51-43-31-23-15-7)77(89)53-45-37-29-21-13-5)74(64-76(75)88-84)86-66-68(52-44-32-24-16-8)78(90)54-46-38-30-22-14-6/h59-66,85-86H,9-58H2,1-8H3/b67-65-,68-66+. The van der Waals surface area contributed by atoms with Crippen molar-refractivity contribution >= 4 is 66.6 Å². The number of ketones is 2. The van der Waals surface area contributed by atoms with Crippen molar-refractivity contribution in [2.45, 2.75) is 351 Å². The number of hydrogen-bond acceptors (Lipinski definition) is 10. The van der Waals surface area contributed by atoms with Gasteiger partial charge in [0.1, 0.15) is 0 Å². The molecule has 1 heterocycles. The van der Waals surface area contributed by atoms with Gasteiger partial charge in [-0.25, -0.2) is 9.97 Å². The van der Waals surface area contributed by atoms with Crippen molar-refractivity contribution < 1.29 is 28.5 Å². The van der Waals surface area contributed by atoms with Crippen molar-refractivity contribution in [3.63, 3.8) is 0 Å². The van der Waals surface area contributed by atoms with Gasteiger partial charge in [0.15, 0.2) is 34.6 Å². The van der Waals surface area contributed by atoms with Gasteiger partial charge < -0.3 is 29.6 Å². The molecule has 0 amide bonds. The number of rotatable bonds is 60. The number of allylic oxidation sites excluding steroid dienone is 2. The molecule has 0 radical (unpaired) electrons. The molecule has 10 nitrogen and oxygen atoms in total. The van der Waals surface area contributed by atoms with Crippen LogP contribution in [0.5, 0.6) is 23.0 Å². The molecule has 0 saturated carbocycles. The molecular formula is C84H134N4O6. The third kappa shape index (κ3) is 29.5. The highest BCUT2D eigenvalue weighted by Crippen LogP contribution is 2.45. The van der Waals surface area contributed by atoms with E-state index < -0.39 is 0 Å². The van der Waals surface area contributed by atoms with Crippen LogP contribution in [0.4, 0.5) is 11.4 Å². The molecular weight excluding hydrogens is 1160 g/mol. The topological polar surface area (TPSA) is 121 Å². The van der Waals surface area contributed by atoms with E-state index in [-0.39, 0.29) is 11.6 Å². The fourth-order valence-corrected chi connectivity index (χ4v) is 12.9. The van der Waals surface area contributed by atoms with Crippen molar-refractivity contribution in [2.75, 3.05) is 37.1 Å². The Balaban J connectivity index is 1.80. The number of Topliss-reactive ketones (excluding diaryl/α,β-unsaturated/α-hetero) is 2. The maximum atomic E-state index is 14.3. The Kier molecular flexibility index (Phi) is 42.2. The van der Waals surface area contributed by atoms with Crippen LogP contribution in [0.1, 0.15) is 351 Å². The van der Waals surface area contributed by atoms with E-state index in [9.17, 15) is 9.59 Å². The largest absolute Gasteiger partial charge is 0.490 e. The van der Waals surface area contributed by atoms with Gasteiger partial charge in [-0.05, 0) is 111 Å². The average molecular weight is 1300 g/mol. The van der Waals surface area contributed by atoms with Gasteiger partial charge in [-0.1, -0.05) is 274 Å². The Hall–Kier alpha value is -5.38. The Labute approximate surface area is 572 Å². The van der Waals surface area contributed by atoms with Crippen LogP contribution in [-0.2, 0) is 9.59 Å². The average Bonchev–Trinajstić information content (AvgIpc) is 0.725. The number of unbranched alkanes of at least 4 members (excludes halogenated alkanes) is 34. The molecule has 5 aromatic rings. The SMILES string of the molecule is CCCCCCCCOc1cc2c3cc(OCCCCCCCC)c(OCCCCCCCC)cc3c3nc4cc(N/C=C(\CCCCCC)C(=O)CCCCCCC)c(N/C=C(/CCCCCC)C(=O)CCCCCCC)cc4nc3c2cc1OCCCCCCCC. The Morgan fingerprint density at radius 1 is 0.298 bits per heavy atom. The second kappa shape index (κ2) is 50.0. The first-order valence-electron chi connectivity index (χ1n) is 39.5. The number of nitrogens with one attached hydrogen (secondary N) is 2. The van der Waals surface area contributed by atoms with Gasteiger partial charge in [0.05, 0.1) is 59.9 Å². The van der Waals surface area contributed by atoms with Crippen LogP contribution in [0.15, 0.2) is 59.9 Å². The van der Waals surface area contributed by atoms with E-state index in [1.807, 2.05) is 12.4 Å². The third-order valence-electron chi connectivity index (χ3n) is 18.9. The van der Waals surface area contributed by atoms with Gasteiger partial charge in [0, 0.05) is 47.2 Å². The summed E-state index contributed by atoms with van der Waals surface area (Å²) in [6, 6.07) is 12.9. The lowest BCUT2D eigenvalue weighted by molar-refractivity contribution is -0.116. The smallest absolute Gasteiger partial charge is 0.161 e. The maximum absolute atomic E-state index is 14.3. The molecule has 0 atom stereocenters. The van der Waals surface area contributed by atoms with Gasteiger partial charge in [0.25, 0.3) is 0 Å². The van der Waals surface area contributed by atoms with E-state index in [0.717, 1.165) is 232 Å². The summed E-state index contributed by atoms with van der Waals surface area (Å²) < 4.78 is 27.5. The zero-order valence-electron chi connectivity index (χ0n) is 61.3. The van der Waals surface area contributed by atoms with E-state index >= 15 is 0 Å². The van der Waals surface area contributed by atoms with E-state index in [1.165, 1.54) is 128 Å². The minimum atomic E-state index is 0.217. The molecule has 0 spiro atoms. The number of aromatic nitrogens is 2. The summed E-state index contributed by atoms with van der Waals surface area (Å²) in [7, 11) is 0. The molecule has 0 saturated heterocycles. The van der Waals surface area contributed by atoms with E-state index in [2.05, 4.69) is 102 Å². The lowest BCUT2D eigenvalue weighted by atomic mass is 9.97. The Morgan fingerprint density at radius 2 is 0.532 bits per heavy atom. The molecule has 0 aliphatic heterocycles. The maximum Gasteiger partial charge on any atom is 0.161 e. The lowest BCUT2D eigenvalue weighted by Gasteiger charge is -2.19. The monoisotopic (exact) mass is 1300 g/mol. The quantitative estimate of drug-likeness (QED) is 0.0168. The Morgan fingerprint density at radius 3 is 0.819 bits per heavy atom. The summed E-state index contributed by atoms with van der Waals surface area (Å²) >= 11 is 0. The molecule has 0 aliphatic rings. The number of benzene rings is 4. The van der Waals surface area contributed by atoms with Crippen molar-refractivity contribution in [2.24, 2.45) is 0 Å². The highest BCUT2D eigenvalue weighted by Gasteiger charge is 2.22. The van der Waals surface area contributed by atoms with Crippen LogP contribution in [0, 0.1) is 0 Å². The molecule has 1 aromatic heterocycles. The van der Waals surface area contributed by atoms with E-state index in [4.69, 9.17) is 28.9 Å². The highest BCUT2D eigenvalue weighted by molar-refractivity contribution is 6.25. The van der Waals surface area contributed by atoms with Crippen molar-refractivity contribution in [3.05, 3.63) is 59.9 Å². The Bertz CT molecular complexity index is 2750. The summed E-state index contributed by atoms with van der Waals surface area (Å²) in [5.74, 6) is 3.40. The molecule has 526 valence electrons. The second-order valence-electron chi connectivity index (χ2n) is 27.4. The van der Waals surface area contributed by atoms with Crippen LogP contribution in [0.2, 0.25) is 0 Å². The predicted molar refractivity (Wildman–Crippen MR) is 405 cm³/mol. The fraction of sp³-hybridized carbons (Fsp3) is 0.690. The summed E-state index contributed by atoms with van der Waals surface area (Å²) in [6.07, 6.45) is 54.3. The first-order valence-corrected chi connectivity index (χ1v) is 39.5. The summed E-state index contributed by atoms with van der Waals surface area (Å²) in [5, 5.41) is 11.3. The first-order chi connectivity index (χ1) is 46.2. The molecule has 5 rings (SSSR count). The molecule has 2 N–H and O–H groups in total. The van der Waals surface area contributed by atoms with Gasteiger partial charge in [-0.3, -0.25) is 9.59 Å². The van der Waals surface area contributed by atoms with Crippen LogP contribution < -0.4 is 29.6 Å². The molecule has 10 heteroatoms.